The van der Waals surface area contributed by atoms with Crippen LogP contribution in [0.4, 0.5) is 0 Å². The van der Waals surface area contributed by atoms with E-state index in [2.05, 4.69) is 41.8 Å². The Labute approximate surface area is 132 Å². The van der Waals surface area contributed by atoms with E-state index in [1.807, 2.05) is 11.3 Å². The van der Waals surface area contributed by atoms with Crippen molar-refractivity contribution >= 4 is 11.3 Å². The Balaban J connectivity index is 1.42. The summed E-state index contributed by atoms with van der Waals surface area (Å²) in [5.41, 5.74) is 0. The molecule has 2 nitrogen and oxygen atoms in total. The second kappa shape index (κ2) is 5.68. The molecule has 0 amide bonds. The lowest BCUT2D eigenvalue weighted by Crippen LogP contribution is -2.55. The summed E-state index contributed by atoms with van der Waals surface area (Å²) >= 11 is 1.89. The lowest BCUT2D eigenvalue weighted by atomic mass is 9.54. The topological polar surface area (TPSA) is 15.3 Å². The highest BCUT2D eigenvalue weighted by Crippen LogP contribution is 2.53. The van der Waals surface area contributed by atoms with Gasteiger partial charge in [-0.1, -0.05) is 6.07 Å². The van der Waals surface area contributed by atoms with E-state index in [1.165, 1.54) is 30.6 Å². The van der Waals surface area contributed by atoms with Gasteiger partial charge < -0.3 is 10.2 Å². The largest absolute Gasteiger partial charge is 0.311 e. The summed E-state index contributed by atoms with van der Waals surface area (Å²) in [5, 5.41) is 6.20. The summed E-state index contributed by atoms with van der Waals surface area (Å²) in [6.07, 6.45) is 7.59. The number of rotatable bonds is 5. The molecule has 116 valence electrons. The van der Waals surface area contributed by atoms with Crippen molar-refractivity contribution < 1.29 is 0 Å². The van der Waals surface area contributed by atoms with Gasteiger partial charge in [-0.2, -0.15) is 0 Å². The van der Waals surface area contributed by atoms with Gasteiger partial charge in [-0.3, -0.25) is 0 Å². The molecule has 4 aliphatic carbocycles. The van der Waals surface area contributed by atoms with E-state index in [9.17, 15) is 0 Å². The number of nitrogens with zero attached hydrogens (tertiary/aromatic N) is 1. The first-order valence-corrected chi connectivity index (χ1v) is 9.52. The third kappa shape index (κ3) is 2.69. The fourth-order valence-corrected chi connectivity index (χ4v) is 6.45. The highest BCUT2D eigenvalue weighted by atomic mass is 32.1. The normalized spacial score (nSPS) is 39.1. The quantitative estimate of drug-likeness (QED) is 0.891. The lowest BCUT2D eigenvalue weighted by molar-refractivity contribution is -0.0153. The van der Waals surface area contributed by atoms with E-state index >= 15 is 0 Å². The van der Waals surface area contributed by atoms with Crippen LogP contribution in [0.15, 0.2) is 17.5 Å². The van der Waals surface area contributed by atoms with Crippen molar-refractivity contribution in [2.45, 2.75) is 44.2 Å². The molecule has 0 radical (unpaired) electrons. The Morgan fingerprint density at radius 2 is 1.81 bits per heavy atom. The van der Waals surface area contributed by atoms with E-state index in [0.717, 1.165) is 36.3 Å². The highest BCUT2D eigenvalue weighted by molar-refractivity contribution is 7.10. The number of thiophene rings is 1. The van der Waals surface area contributed by atoms with Crippen LogP contribution in [-0.2, 0) is 0 Å². The molecule has 0 aliphatic heterocycles. The van der Waals surface area contributed by atoms with Gasteiger partial charge in [-0.05, 0) is 81.3 Å². The van der Waals surface area contributed by atoms with Crippen LogP contribution in [0.2, 0.25) is 0 Å². The SMILES string of the molecule is CN(C)C(CNC1C2CC3CC(C2)CC1C3)c1cccs1. The van der Waals surface area contributed by atoms with E-state index in [0.29, 0.717) is 6.04 Å². The van der Waals surface area contributed by atoms with Crippen molar-refractivity contribution in [3.63, 3.8) is 0 Å². The minimum Gasteiger partial charge on any atom is -0.311 e. The number of hydrogen-bond acceptors (Lipinski definition) is 3. The van der Waals surface area contributed by atoms with Crippen LogP contribution in [0.25, 0.3) is 0 Å². The third-order valence-electron chi connectivity index (χ3n) is 6.27. The van der Waals surface area contributed by atoms with Crippen LogP contribution in [0, 0.1) is 23.7 Å². The zero-order chi connectivity index (χ0) is 14.4. The molecule has 0 saturated heterocycles. The molecular weight excluding hydrogens is 276 g/mol. The molecule has 5 rings (SSSR count). The average Bonchev–Trinajstić information content (AvgIpc) is 2.94. The molecule has 4 aliphatic rings. The van der Waals surface area contributed by atoms with Gasteiger partial charge in [0.15, 0.2) is 0 Å². The number of nitrogens with one attached hydrogen (secondary N) is 1. The minimum absolute atomic E-state index is 0.530. The van der Waals surface area contributed by atoms with E-state index in [1.54, 1.807) is 6.42 Å². The van der Waals surface area contributed by atoms with Crippen LogP contribution in [-0.4, -0.2) is 31.6 Å². The maximum Gasteiger partial charge on any atom is 0.0561 e. The molecule has 4 bridgehead atoms. The molecular formula is C18H28N2S. The minimum atomic E-state index is 0.530. The zero-order valence-corrected chi connectivity index (χ0v) is 14.1. The number of hydrogen-bond donors (Lipinski definition) is 1. The Morgan fingerprint density at radius 1 is 1.14 bits per heavy atom. The summed E-state index contributed by atoms with van der Waals surface area (Å²) in [6, 6.07) is 5.80. The van der Waals surface area contributed by atoms with Crippen molar-refractivity contribution in [2.75, 3.05) is 20.6 Å². The van der Waals surface area contributed by atoms with Crippen molar-refractivity contribution in [3.05, 3.63) is 22.4 Å². The van der Waals surface area contributed by atoms with Crippen molar-refractivity contribution in [1.82, 2.24) is 10.2 Å². The van der Waals surface area contributed by atoms with E-state index in [4.69, 9.17) is 0 Å². The first-order valence-electron chi connectivity index (χ1n) is 8.64. The maximum atomic E-state index is 4.00. The van der Waals surface area contributed by atoms with Crippen molar-refractivity contribution in [1.29, 1.82) is 0 Å². The smallest absolute Gasteiger partial charge is 0.0561 e. The summed E-state index contributed by atoms with van der Waals surface area (Å²) < 4.78 is 0. The monoisotopic (exact) mass is 304 g/mol. The molecule has 4 fully saturated rings. The van der Waals surface area contributed by atoms with Gasteiger partial charge in [-0.25, -0.2) is 0 Å². The number of likely N-dealkylation sites (N-methyl/N-ethyl adjacent to an activating group) is 1. The Bertz CT molecular complexity index is 440. The summed E-state index contributed by atoms with van der Waals surface area (Å²) in [6.45, 7) is 1.11. The van der Waals surface area contributed by atoms with Gasteiger partial charge in [0.1, 0.15) is 0 Å². The van der Waals surface area contributed by atoms with Crippen molar-refractivity contribution in [2.24, 2.45) is 23.7 Å². The predicted octanol–water partition coefficient (Wildman–Crippen LogP) is 3.77. The molecule has 3 heteroatoms. The molecule has 1 unspecified atom stereocenters. The molecule has 1 aromatic rings. The van der Waals surface area contributed by atoms with E-state index < -0.39 is 0 Å². The van der Waals surface area contributed by atoms with Gasteiger partial charge in [0, 0.05) is 17.5 Å². The Kier molecular flexibility index (Phi) is 3.85. The fraction of sp³-hybridized carbons (Fsp3) is 0.778. The molecule has 1 atom stereocenters. The fourth-order valence-electron chi connectivity index (χ4n) is 5.52. The highest BCUT2D eigenvalue weighted by Gasteiger charge is 2.48. The molecule has 1 heterocycles. The van der Waals surface area contributed by atoms with Gasteiger partial charge in [0.2, 0.25) is 0 Å². The molecule has 21 heavy (non-hydrogen) atoms. The Morgan fingerprint density at radius 3 is 2.33 bits per heavy atom. The van der Waals surface area contributed by atoms with Gasteiger partial charge in [0.25, 0.3) is 0 Å². The van der Waals surface area contributed by atoms with Crippen LogP contribution >= 0.6 is 11.3 Å². The molecule has 0 aromatic carbocycles. The first kappa shape index (κ1) is 14.2. The summed E-state index contributed by atoms with van der Waals surface area (Å²) in [5.74, 6) is 4.11. The average molecular weight is 305 g/mol. The van der Waals surface area contributed by atoms with Gasteiger partial charge in [-0.15, -0.1) is 11.3 Å². The van der Waals surface area contributed by atoms with Crippen molar-refractivity contribution in [3.8, 4) is 0 Å². The van der Waals surface area contributed by atoms with E-state index in [-0.39, 0.29) is 0 Å². The van der Waals surface area contributed by atoms with Gasteiger partial charge in [0.05, 0.1) is 6.04 Å². The van der Waals surface area contributed by atoms with Crippen LogP contribution in [0.5, 0.6) is 0 Å². The summed E-state index contributed by atoms with van der Waals surface area (Å²) in [7, 11) is 4.42. The molecule has 1 N–H and O–H groups in total. The molecule has 0 spiro atoms. The third-order valence-corrected chi connectivity index (χ3v) is 7.24. The zero-order valence-electron chi connectivity index (χ0n) is 13.3. The second-order valence-corrected chi connectivity index (χ2v) is 8.84. The van der Waals surface area contributed by atoms with Crippen LogP contribution in [0.3, 0.4) is 0 Å². The lowest BCUT2D eigenvalue weighted by Gasteiger charge is -2.55. The standard InChI is InChI=1S/C18H28N2S/c1-20(2)16(17-4-3-5-21-17)11-19-18-14-7-12-6-13(9-14)10-15(18)8-12/h3-5,12-16,18-19H,6-11H2,1-2H3. The molecule has 4 saturated carbocycles. The summed E-state index contributed by atoms with van der Waals surface area (Å²) in [4.78, 5) is 3.87. The van der Waals surface area contributed by atoms with Gasteiger partial charge >= 0.3 is 0 Å². The van der Waals surface area contributed by atoms with Crippen LogP contribution < -0.4 is 5.32 Å². The van der Waals surface area contributed by atoms with Crippen LogP contribution in [0.1, 0.15) is 43.0 Å². The first-order chi connectivity index (χ1) is 10.2. The predicted molar refractivity (Wildman–Crippen MR) is 89.6 cm³/mol. The maximum absolute atomic E-state index is 4.00. The second-order valence-electron chi connectivity index (χ2n) is 7.86. The molecule has 1 aromatic heterocycles. The Hall–Kier alpha value is -0.380.